The number of rotatable bonds is 7. The summed E-state index contributed by atoms with van der Waals surface area (Å²) >= 11 is 3.40. The number of ether oxygens (including phenoxy) is 1. The fraction of sp³-hybridized carbons (Fsp3) is 0.211. The van der Waals surface area contributed by atoms with Gasteiger partial charge in [0, 0.05) is 27.2 Å². The number of nitro benzene ring substituents is 1. The van der Waals surface area contributed by atoms with Gasteiger partial charge in [0.15, 0.2) is 5.78 Å². The van der Waals surface area contributed by atoms with Gasteiger partial charge in [-0.05, 0) is 43.7 Å². The average molecular weight is 404 g/mol. The molecular formula is C19H18BrNO4. The van der Waals surface area contributed by atoms with Gasteiger partial charge in [0.25, 0.3) is 5.69 Å². The first-order valence-corrected chi connectivity index (χ1v) is 8.61. The summed E-state index contributed by atoms with van der Waals surface area (Å²) in [5.74, 6) is 0.383. The van der Waals surface area contributed by atoms with E-state index in [2.05, 4.69) is 15.9 Å². The van der Waals surface area contributed by atoms with Gasteiger partial charge >= 0.3 is 0 Å². The lowest BCUT2D eigenvalue weighted by molar-refractivity contribution is -0.385. The third kappa shape index (κ3) is 5.00. The van der Waals surface area contributed by atoms with Crippen molar-refractivity contribution in [2.75, 3.05) is 6.61 Å². The Hall–Kier alpha value is -2.47. The summed E-state index contributed by atoms with van der Waals surface area (Å²) in [6, 6.07) is 10.0. The number of allylic oxidation sites excluding steroid dienone is 1. The van der Waals surface area contributed by atoms with Crippen LogP contribution in [0.25, 0.3) is 6.08 Å². The molecule has 0 unspecified atom stereocenters. The van der Waals surface area contributed by atoms with E-state index in [9.17, 15) is 14.9 Å². The van der Waals surface area contributed by atoms with E-state index < -0.39 is 4.92 Å². The summed E-state index contributed by atoms with van der Waals surface area (Å²) in [6.45, 7) is 4.24. The lowest BCUT2D eigenvalue weighted by atomic mass is 10.1. The molecule has 0 saturated heterocycles. The first kappa shape index (κ1) is 18.9. The monoisotopic (exact) mass is 403 g/mol. The van der Waals surface area contributed by atoms with Crippen molar-refractivity contribution in [3.05, 3.63) is 73.8 Å². The van der Waals surface area contributed by atoms with Gasteiger partial charge in [-0.15, -0.1) is 0 Å². The van der Waals surface area contributed by atoms with Gasteiger partial charge < -0.3 is 4.74 Å². The fourth-order valence-corrected chi connectivity index (χ4v) is 2.59. The summed E-state index contributed by atoms with van der Waals surface area (Å²) in [5.41, 5.74) is 1.50. The van der Waals surface area contributed by atoms with E-state index in [1.54, 1.807) is 25.1 Å². The number of benzene rings is 2. The summed E-state index contributed by atoms with van der Waals surface area (Å²) in [7, 11) is 0. The van der Waals surface area contributed by atoms with E-state index in [0.717, 1.165) is 16.5 Å². The molecule has 0 amide bonds. The quantitative estimate of drug-likeness (QED) is 0.270. The second-order valence-corrected chi connectivity index (χ2v) is 6.40. The molecule has 5 nitrogen and oxygen atoms in total. The highest BCUT2D eigenvalue weighted by molar-refractivity contribution is 9.10. The average Bonchev–Trinajstić information content (AvgIpc) is 2.59. The van der Waals surface area contributed by atoms with E-state index in [1.165, 1.54) is 12.1 Å². The molecule has 130 valence electrons. The van der Waals surface area contributed by atoms with Crippen LogP contribution in [0.3, 0.4) is 0 Å². The van der Waals surface area contributed by atoms with Crippen LogP contribution in [0.1, 0.15) is 34.8 Å². The van der Waals surface area contributed by atoms with Gasteiger partial charge in [0.1, 0.15) is 5.75 Å². The van der Waals surface area contributed by atoms with Gasteiger partial charge in [-0.3, -0.25) is 14.9 Å². The van der Waals surface area contributed by atoms with Crippen LogP contribution in [0.5, 0.6) is 5.75 Å². The molecule has 0 saturated carbocycles. The van der Waals surface area contributed by atoms with Crippen LogP contribution in [0.4, 0.5) is 5.69 Å². The van der Waals surface area contributed by atoms with Crippen LogP contribution in [-0.2, 0) is 0 Å². The molecule has 2 aromatic rings. The second-order valence-electron chi connectivity index (χ2n) is 5.49. The predicted octanol–water partition coefficient (Wildman–Crippen LogP) is 5.35. The molecule has 0 bridgehead atoms. The van der Waals surface area contributed by atoms with E-state index in [1.807, 2.05) is 25.1 Å². The third-order valence-corrected chi connectivity index (χ3v) is 4.03. The van der Waals surface area contributed by atoms with E-state index in [4.69, 9.17) is 4.74 Å². The number of hydrogen-bond acceptors (Lipinski definition) is 4. The topological polar surface area (TPSA) is 69.4 Å². The Bertz CT molecular complexity index is 830. The third-order valence-electron chi connectivity index (χ3n) is 3.54. The van der Waals surface area contributed by atoms with Gasteiger partial charge in [-0.1, -0.05) is 35.0 Å². The molecule has 0 aliphatic carbocycles. The molecule has 6 heteroatoms. The first-order chi connectivity index (χ1) is 11.9. The molecule has 0 aliphatic rings. The van der Waals surface area contributed by atoms with Crippen molar-refractivity contribution >= 4 is 33.5 Å². The van der Waals surface area contributed by atoms with Crippen LogP contribution in [0.15, 0.2) is 46.9 Å². The van der Waals surface area contributed by atoms with Crippen molar-refractivity contribution in [3.63, 3.8) is 0 Å². The minimum absolute atomic E-state index is 0.0614. The Morgan fingerprint density at radius 1 is 1.28 bits per heavy atom. The number of hydrogen-bond donors (Lipinski definition) is 0. The molecule has 2 rings (SSSR count). The molecule has 0 spiro atoms. The number of carbonyl (C=O) groups is 1. The Kier molecular flexibility index (Phi) is 6.47. The second kappa shape index (κ2) is 8.58. The Morgan fingerprint density at radius 3 is 2.72 bits per heavy atom. The number of nitrogens with zero attached hydrogens (tertiary/aromatic N) is 1. The molecule has 0 radical (unpaired) electrons. The summed E-state index contributed by atoms with van der Waals surface area (Å²) in [5, 5.41) is 11.0. The zero-order valence-electron chi connectivity index (χ0n) is 14.0. The highest BCUT2D eigenvalue weighted by Crippen LogP contribution is 2.25. The number of ketones is 1. The van der Waals surface area contributed by atoms with E-state index in [0.29, 0.717) is 17.9 Å². The number of carbonyl (C=O) groups excluding carboxylic acids is 1. The minimum atomic E-state index is -0.485. The largest absolute Gasteiger partial charge is 0.493 e. The van der Waals surface area contributed by atoms with Crippen molar-refractivity contribution in [2.45, 2.75) is 20.3 Å². The molecule has 25 heavy (non-hydrogen) atoms. The number of halogens is 1. The molecule has 2 aromatic carbocycles. The van der Waals surface area contributed by atoms with E-state index in [-0.39, 0.29) is 17.0 Å². The van der Waals surface area contributed by atoms with Crippen LogP contribution in [0.2, 0.25) is 0 Å². The van der Waals surface area contributed by atoms with Crippen LogP contribution in [-0.4, -0.2) is 17.3 Å². The molecular weight excluding hydrogens is 386 g/mol. The van der Waals surface area contributed by atoms with Crippen molar-refractivity contribution in [3.8, 4) is 5.75 Å². The maximum absolute atomic E-state index is 12.4. The lowest BCUT2D eigenvalue weighted by Gasteiger charge is -2.08. The molecule has 0 N–H and O–H groups in total. The smallest absolute Gasteiger partial charge is 0.273 e. The Balaban J connectivity index is 2.27. The Morgan fingerprint density at radius 2 is 2.04 bits per heavy atom. The fourth-order valence-electron chi connectivity index (χ4n) is 2.21. The summed E-state index contributed by atoms with van der Waals surface area (Å²) in [6.07, 6.45) is 3.93. The van der Waals surface area contributed by atoms with Crippen molar-refractivity contribution in [1.29, 1.82) is 0 Å². The molecule has 0 aromatic heterocycles. The van der Waals surface area contributed by atoms with Crippen molar-refractivity contribution in [1.82, 2.24) is 0 Å². The van der Waals surface area contributed by atoms with Crippen LogP contribution < -0.4 is 4.74 Å². The zero-order valence-corrected chi connectivity index (χ0v) is 15.6. The van der Waals surface area contributed by atoms with Crippen molar-refractivity contribution in [2.24, 2.45) is 0 Å². The SMILES string of the molecule is CCCOc1ccc(Br)cc1/C=C/C(=O)c1ccc(C)c([N+](=O)[O-])c1. The summed E-state index contributed by atoms with van der Waals surface area (Å²) < 4.78 is 6.54. The van der Waals surface area contributed by atoms with Gasteiger partial charge in [0.2, 0.25) is 0 Å². The maximum atomic E-state index is 12.4. The van der Waals surface area contributed by atoms with Gasteiger partial charge in [0.05, 0.1) is 11.5 Å². The minimum Gasteiger partial charge on any atom is -0.493 e. The molecule has 0 heterocycles. The predicted molar refractivity (Wildman–Crippen MR) is 101 cm³/mol. The molecule has 0 fully saturated rings. The van der Waals surface area contributed by atoms with Gasteiger partial charge in [-0.2, -0.15) is 0 Å². The lowest BCUT2D eigenvalue weighted by Crippen LogP contribution is -1.99. The standard InChI is InChI=1S/C19H18BrNO4/c1-3-10-25-19-9-7-16(20)11-15(19)6-8-18(22)14-5-4-13(2)17(12-14)21(23)24/h4-9,11-12H,3,10H2,1-2H3/b8-6+. The molecule has 0 aliphatic heterocycles. The van der Waals surface area contributed by atoms with Crippen molar-refractivity contribution < 1.29 is 14.5 Å². The van der Waals surface area contributed by atoms with Crippen LogP contribution >= 0.6 is 15.9 Å². The van der Waals surface area contributed by atoms with E-state index >= 15 is 0 Å². The zero-order chi connectivity index (χ0) is 18.4. The highest BCUT2D eigenvalue weighted by atomic mass is 79.9. The maximum Gasteiger partial charge on any atom is 0.273 e. The normalized spacial score (nSPS) is 10.8. The van der Waals surface area contributed by atoms with Gasteiger partial charge in [-0.25, -0.2) is 0 Å². The molecule has 0 atom stereocenters. The number of aryl methyl sites for hydroxylation is 1. The van der Waals surface area contributed by atoms with Crippen LogP contribution in [0, 0.1) is 17.0 Å². The number of nitro groups is 1. The summed E-state index contributed by atoms with van der Waals surface area (Å²) in [4.78, 5) is 22.9. The highest BCUT2D eigenvalue weighted by Gasteiger charge is 2.13. The first-order valence-electron chi connectivity index (χ1n) is 7.82. The Labute approximate surface area is 154 Å².